The van der Waals surface area contributed by atoms with E-state index in [-0.39, 0.29) is 24.0 Å². The Hall–Kier alpha value is -0.730. The van der Waals surface area contributed by atoms with Crippen molar-refractivity contribution in [2.24, 2.45) is 4.99 Å². The van der Waals surface area contributed by atoms with E-state index in [1.165, 1.54) is 20.9 Å². The summed E-state index contributed by atoms with van der Waals surface area (Å²) in [5.41, 5.74) is 2.56. The van der Waals surface area contributed by atoms with E-state index in [1.807, 2.05) is 0 Å². The summed E-state index contributed by atoms with van der Waals surface area (Å²) in [4.78, 5) is 7.30. The van der Waals surface area contributed by atoms with E-state index in [2.05, 4.69) is 71.4 Å². The van der Waals surface area contributed by atoms with Gasteiger partial charge >= 0.3 is 0 Å². The lowest BCUT2D eigenvalue weighted by Gasteiger charge is -2.11. The summed E-state index contributed by atoms with van der Waals surface area (Å²) in [7, 11) is 0. The lowest BCUT2D eigenvalue weighted by Crippen LogP contribution is -2.36. The molecule has 2 rings (SSSR count). The SMILES string of the molecule is CCNC(=NCc1ccc(SC)cc1)NCc1sccc1C.I. The number of rotatable bonds is 6. The Morgan fingerprint density at radius 3 is 2.48 bits per heavy atom. The summed E-state index contributed by atoms with van der Waals surface area (Å²) < 4.78 is 0. The van der Waals surface area contributed by atoms with Gasteiger partial charge in [0.15, 0.2) is 5.96 Å². The first-order chi connectivity index (χ1) is 10.7. The van der Waals surface area contributed by atoms with Crippen LogP contribution in [0.4, 0.5) is 0 Å². The Labute approximate surface area is 164 Å². The maximum atomic E-state index is 4.66. The van der Waals surface area contributed by atoms with Crippen LogP contribution in [-0.4, -0.2) is 18.8 Å². The highest BCUT2D eigenvalue weighted by atomic mass is 127. The van der Waals surface area contributed by atoms with Crippen molar-refractivity contribution in [1.82, 2.24) is 10.6 Å². The third kappa shape index (κ3) is 6.73. The van der Waals surface area contributed by atoms with Crippen LogP contribution in [0.15, 0.2) is 45.6 Å². The summed E-state index contributed by atoms with van der Waals surface area (Å²) in [5, 5.41) is 8.83. The molecule has 1 aromatic carbocycles. The van der Waals surface area contributed by atoms with Gasteiger partial charge in [0.05, 0.1) is 13.1 Å². The summed E-state index contributed by atoms with van der Waals surface area (Å²) in [6.07, 6.45) is 2.09. The number of thiophene rings is 1. The monoisotopic (exact) mass is 461 g/mol. The highest BCUT2D eigenvalue weighted by Gasteiger charge is 2.02. The van der Waals surface area contributed by atoms with E-state index >= 15 is 0 Å². The molecule has 0 saturated heterocycles. The van der Waals surface area contributed by atoms with Gasteiger partial charge in [-0.25, -0.2) is 4.99 Å². The van der Waals surface area contributed by atoms with Gasteiger partial charge in [-0.3, -0.25) is 0 Å². The zero-order chi connectivity index (χ0) is 15.8. The van der Waals surface area contributed by atoms with Gasteiger partial charge in [0.1, 0.15) is 0 Å². The molecule has 0 aliphatic carbocycles. The van der Waals surface area contributed by atoms with E-state index in [1.54, 1.807) is 23.1 Å². The number of halogens is 1. The average Bonchev–Trinajstić information content (AvgIpc) is 2.96. The minimum Gasteiger partial charge on any atom is -0.357 e. The molecule has 0 amide bonds. The number of hydrogen-bond acceptors (Lipinski definition) is 3. The van der Waals surface area contributed by atoms with E-state index < -0.39 is 0 Å². The second-order valence-electron chi connectivity index (χ2n) is 4.92. The minimum absolute atomic E-state index is 0. The largest absolute Gasteiger partial charge is 0.357 e. The normalized spacial score (nSPS) is 11.0. The van der Waals surface area contributed by atoms with Crippen molar-refractivity contribution in [3.63, 3.8) is 0 Å². The van der Waals surface area contributed by atoms with Crippen molar-refractivity contribution >= 4 is 53.0 Å². The van der Waals surface area contributed by atoms with Gasteiger partial charge in [-0.1, -0.05) is 12.1 Å². The van der Waals surface area contributed by atoms with Gasteiger partial charge < -0.3 is 10.6 Å². The van der Waals surface area contributed by atoms with Crippen molar-refractivity contribution in [3.8, 4) is 0 Å². The van der Waals surface area contributed by atoms with Crippen LogP contribution in [0.2, 0.25) is 0 Å². The molecule has 0 fully saturated rings. The van der Waals surface area contributed by atoms with Crippen molar-refractivity contribution < 1.29 is 0 Å². The third-order valence-electron chi connectivity index (χ3n) is 3.31. The van der Waals surface area contributed by atoms with Crippen molar-refractivity contribution in [3.05, 3.63) is 51.7 Å². The molecule has 0 unspecified atom stereocenters. The molecule has 0 saturated carbocycles. The molecule has 1 aromatic heterocycles. The molecule has 0 aliphatic heterocycles. The summed E-state index contributed by atoms with van der Waals surface area (Å²) in [6, 6.07) is 10.7. The lowest BCUT2D eigenvalue weighted by atomic mass is 10.2. The summed E-state index contributed by atoms with van der Waals surface area (Å²) in [5.74, 6) is 0.865. The molecular weight excluding hydrogens is 437 g/mol. The molecule has 0 aliphatic rings. The Kier molecular flexibility index (Phi) is 9.66. The molecule has 0 spiro atoms. The first-order valence-electron chi connectivity index (χ1n) is 7.41. The number of aliphatic imine (C=N–C) groups is 1. The van der Waals surface area contributed by atoms with Crippen LogP contribution < -0.4 is 10.6 Å². The molecular formula is C17H24IN3S2. The number of benzene rings is 1. The number of thioether (sulfide) groups is 1. The quantitative estimate of drug-likeness (QED) is 0.285. The Morgan fingerprint density at radius 2 is 1.91 bits per heavy atom. The lowest BCUT2D eigenvalue weighted by molar-refractivity contribution is 0.821. The van der Waals surface area contributed by atoms with Gasteiger partial charge in [0, 0.05) is 16.3 Å². The Morgan fingerprint density at radius 1 is 1.17 bits per heavy atom. The zero-order valence-electron chi connectivity index (χ0n) is 13.8. The Balaban J connectivity index is 0.00000264. The number of nitrogens with zero attached hydrogens (tertiary/aromatic N) is 1. The van der Waals surface area contributed by atoms with Crippen LogP contribution >= 0.6 is 47.1 Å². The van der Waals surface area contributed by atoms with Crippen molar-refractivity contribution in [2.75, 3.05) is 12.8 Å². The molecule has 2 N–H and O–H groups in total. The maximum absolute atomic E-state index is 4.66. The second kappa shape index (κ2) is 10.9. The second-order valence-corrected chi connectivity index (χ2v) is 6.80. The van der Waals surface area contributed by atoms with Crippen LogP contribution in [0.5, 0.6) is 0 Å². The third-order valence-corrected chi connectivity index (χ3v) is 5.07. The fourth-order valence-electron chi connectivity index (χ4n) is 1.99. The molecule has 6 heteroatoms. The predicted molar refractivity (Wildman–Crippen MR) is 114 cm³/mol. The number of hydrogen-bond donors (Lipinski definition) is 2. The molecule has 126 valence electrons. The molecule has 0 bridgehead atoms. The molecule has 0 atom stereocenters. The standard InChI is InChI=1S/C17H23N3S2.HI/c1-4-18-17(20-12-16-13(2)9-10-22-16)19-11-14-5-7-15(21-3)8-6-14;/h5-10H,4,11-12H2,1-3H3,(H2,18,19,20);1H. The van der Waals surface area contributed by atoms with E-state index in [9.17, 15) is 0 Å². The van der Waals surface area contributed by atoms with E-state index in [4.69, 9.17) is 0 Å². The van der Waals surface area contributed by atoms with Gasteiger partial charge in [0.25, 0.3) is 0 Å². The van der Waals surface area contributed by atoms with Crippen LogP contribution in [-0.2, 0) is 13.1 Å². The highest BCUT2D eigenvalue weighted by Crippen LogP contribution is 2.16. The first kappa shape index (κ1) is 20.3. The zero-order valence-corrected chi connectivity index (χ0v) is 17.7. The molecule has 1 heterocycles. The molecule has 2 aromatic rings. The molecule has 3 nitrogen and oxygen atoms in total. The smallest absolute Gasteiger partial charge is 0.191 e. The van der Waals surface area contributed by atoms with Crippen molar-refractivity contribution in [2.45, 2.75) is 31.8 Å². The molecule has 0 radical (unpaired) electrons. The maximum Gasteiger partial charge on any atom is 0.191 e. The minimum atomic E-state index is 0. The summed E-state index contributed by atoms with van der Waals surface area (Å²) >= 11 is 3.54. The highest BCUT2D eigenvalue weighted by molar-refractivity contribution is 14.0. The van der Waals surface area contributed by atoms with Crippen LogP contribution in [0, 0.1) is 6.92 Å². The molecule has 23 heavy (non-hydrogen) atoms. The fourth-order valence-corrected chi connectivity index (χ4v) is 3.25. The van der Waals surface area contributed by atoms with Gasteiger partial charge in [-0.15, -0.1) is 47.1 Å². The van der Waals surface area contributed by atoms with Gasteiger partial charge in [-0.05, 0) is 54.8 Å². The van der Waals surface area contributed by atoms with Crippen molar-refractivity contribution in [1.29, 1.82) is 0 Å². The average molecular weight is 461 g/mol. The number of guanidine groups is 1. The van der Waals surface area contributed by atoms with Crippen LogP contribution in [0.25, 0.3) is 0 Å². The number of aryl methyl sites for hydroxylation is 1. The fraction of sp³-hybridized carbons (Fsp3) is 0.353. The van der Waals surface area contributed by atoms with Gasteiger partial charge in [0.2, 0.25) is 0 Å². The first-order valence-corrected chi connectivity index (χ1v) is 9.51. The van der Waals surface area contributed by atoms with E-state index in [0.29, 0.717) is 6.54 Å². The van der Waals surface area contributed by atoms with Crippen LogP contribution in [0.3, 0.4) is 0 Å². The van der Waals surface area contributed by atoms with E-state index in [0.717, 1.165) is 19.0 Å². The predicted octanol–water partition coefficient (Wildman–Crippen LogP) is 4.65. The van der Waals surface area contributed by atoms with Gasteiger partial charge in [-0.2, -0.15) is 0 Å². The van der Waals surface area contributed by atoms with Crippen LogP contribution in [0.1, 0.15) is 22.9 Å². The Bertz CT molecular complexity index is 609. The topological polar surface area (TPSA) is 36.4 Å². The summed E-state index contributed by atoms with van der Waals surface area (Å²) in [6.45, 7) is 6.60. The number of nitrogens with one attached hydrogen (secondary N) is 2.